The van der Waals surface area contributed by atoms with E-state index in [0.29, 0.717) is 5.02 Å². The standard InChI is InChI=1S/C15H10ClN2.C5H12O4.Ir/c1-10-15(11-6-8-12(16)9-7-11)18-14-5-3-2-4-13(14)17-10;1-8-4(6)3-5(7)9-2;/h2-6,8-9H,1H3;4-7H,3H2,1-2H3;/q-1;;. The number of aliphatic hydroxyl groups excluding tert-OH is 2. The first kappa shape index (κ1) is 24.6. The number of halogens is 1. The Balaban J connectivity index is 0.000000339. The molecule has 3 rings (SSSR count). The summed E-state index contributed by atoms with van der Waals surface area (Å²) in [5.74, 6) is 0. The number of aryl methyl sites for hydroxylation is 1. The maximum Gasteiger partial charge on any atom is 0.158 e. The van der Waals surface area contributed by atoms with Gasteiger partial charge in [-0.2, -0.15) is 0 Å². The van der Waals surface area contributed by atoms with Gasteiger partial charge in [0.15, 0.2) is 12.6 Å². The van der Waals surface area contributed by atoms with E-state index in [2.05, 4.69) is 25.5 Å². The quantitative estimate of drug-likeness (QED) is 0.355. The number of para-hydroxylation sites is 2. The molecule has 0 spiro atoms. The van der Waals surface area contributed by atoms with Crippen LogP contribution in [-0.4, -0.2) is 47.0 Å². The molecule has 1 aromatic heterocycles. The smallest absolute Gasteiger partial charge is 0.158 e. The number of aliphatic hydroxyl groups is 2. The van der Waals surface area contributed by atoms with Crippen LogP contribution >= 0.6 is 11.6 Å². The summed E-state index contributed by atoms with van der Waals surface area (Å²) in [6, 6.07) is 16.5. The summed E-state index contributed by atoms with van der Waals surface area (Å²) in [4.78, 5) is 9.20. The third kappa shape index (κ3) is 7.18. The molecule has 153 valence electrons. The molecule has 0 saturated carbocycles. The molecule has 0 aliphatic carbocycles. The minimum absolute atomic E-state index is 0. The molecule has 1 heterocycles. The van der Waals surface area contributed by atoms with Crippen LogP contribution in [0.2, 0.25) is 5.02 Å². The fourth-order valence-electron chi connectivity index (χ4n) is 2.26. The van der Waals surface area contributed by atoms with E-state index in [1.165, 1.54) is 14.2 Å². The van der Waals surface area contributed by atoms with Gasteiger partial charge < -0.3 is 19.7 Å². The summed E-state index contributed by atoms with van der Waals surface area (Å²) < 4.78 is 8.88. The van der Waals surface area contributed by atoms with Crippen LogP contribution in [-0.2, 0) is 29.6 Å². The summed E-state index contributed by atoms with van der Waals surface area (Å²) >= 11 is 5.87. The van der Waals surface area contributed by atoms with Gasteiger partial charge in [-0.15, -0.1) is 41.4 Å². The van der Waals surface area contributed by atoms with Crippen LogP contribution in [0.25, 0.3) is 22.3 Å². The van der Waals surface area contributed by atoms with Crippen molar-refractivity contribution in [1.82, 2.24) is 9.97 Å². The first-order valence-corrected chi connectivity index (χ1v) is 8.65. The Morgan fingerprint density at radius 3 is 2.07 bits per heavy atom. The predicted molar refractivity (Wildman–Crippen MR) is 104 cm³/mol. The minimum atomic E-state index is -0.944. The van der Waals surface area contributed by atoms with Crippen LogP contribution in [0.5, 0.6) is 0 Å². The normalized spacial score (nSPS) is 12.5. The zero-order valence-corrected chi connectivity index (χ0v) is 18.9. The number of benzene rings is 2. The van der Waals surface area contributed by atoms with Gasteiger partial charge in [-0.3, -0.25) is 9.97 Å². The van der Waals surface area contributed by atoms with Crippen LogP contribution in [0.3, 0.4) is 0 Å². The monoisotopic (exact) mass is 582 g/mol. The summed E-state index contributed by atoms with van der Waals surface area (Å²) in [6.07, 6.45) is -1.81. The molecule has 0 aliphatic heterocycles. The van der Waals surface area contributed by atoms with E-state index >= 15 is 0 Å². The Bertz CT molecular complexity index is 856. The van der Waals surface area contributed by atoms with Crippen LogP contribution in [0.1, 0.15) is 12.1 Å². The SMILES string of the molecule is COC(O)CC(O)OC.Cc1nc2ccccc2nc1-c1[c-]cc(Cl)cc1.[Ir]. The molecule has 6 nitrogen and oxygen atoms in total. The topological polar surface area (TPSA) is 84.7 Å². The van der Waals surface area contributed by atoms with Crippen molar-refractivity contribution in [2.24, 2.45) is 0 Å². The van der Waals surface area contributed by atoms with Crippen LogP contribution in [0.15, 0.2) is 42.5 Å². The number of ether oxygens (including phenoxy) is 2. The van der Waals surface area contributed by atoms with Crippen LogP contribution in [0, 0.1) is 13.0 Å². The van der Waals surface area contributed by atoms with Gasteiger partial charge in [0.25, 0.3) is 0 Å². The van der Waals surface area contributed by atoms with Gasteiger partial charge in [-0.1, -0.05) is 12.1 Å². The maximum absolute atomic E-state index is 8.70. The Morgan fingerprint density at radius 1 is 1.00 bits per heavy atom. The van der Waals surface area contributed by atoms with E-state index in [0.717, 1.165) is 28.0 Å². The Labute approximate surface area is 182 Å². The minimum Gasteiger partial charge on any atom is -0.368 e. The number of aromatic nitrogens is 2. The predicted octanol–water partition coefficient (Wildman–Crippen LogP) is 3.36. The molecular formula is C20H22ClIrN2O4-. The van der Waals surface area contributed by atoms with Gasteiger partial charge >= 0.3 is 0 Å². The number of rotatable bonds is 5. The number of methoxy groups -OCH3 is 2. The molecule has 3 aromatic rings. The molecule has 0 amide bonds. The second-order valence-corrected chi connectivity index (χ2v) is 6.12. The fourth-order valence-corrected chi connectivity index (χ4v) is 2.38. The van der Waals surface area contributed by atoms with Crippen molar-refractivity contribution in [3.63, 3.8) is 0 Å². The average Bonchev–Trinajstić information content (AvgIpc) is 2.68. The molecular weight excluding hydrogens is 560 g/mol. The molecule has 2 atom stereocenters. The Morgan fingerprint density at radius 2 is 1.57 bits per heavy atom. The van der Waals surface area contributed by atoms with Gasteiger partial charge in [-0.25, -0.2) is 0 Å². The number of hydrogen-bond donors (Lipinski definition) is 2. The largest absolute Gasteiger partial charge is 0.368 e. The van der Waals surface area contributed by atoms with E-state index in [-0.39, 0.29) is 26.5 Å². The van der Waals surface area contributed by atoms with Gasteiger partial charge in [0.05, 0.1) is 11.0 Å². The van der Waals surface area contributed by atoms with E-state index in [4.69, 9.17) is 21.8 Å². The third-order valence-corrected chi connectivity index (χ3v) is 3.96. The zero-order chi connectivity index (χ0) is 19.8. The molecule has 0 fully saturated rings. The maximum atomic E-state index is 8.70. The van der Waals surface area contributed by atoms with Crippen molar-refractivity contribution in [2.75, 3.05) is 14.2 Å². The molecule has 2 N–H and O–H groups in total. The second kappa shape index (κ2) is 12.2. The molecule has 0 bridgehead atoms. The summed E-state index contributed by atoms with van der Waals surface area (Å²) in [5.41, 5.74) is 4.46. The molecule has 0 aliphatic rings. The van der Waals surface area contributed by atoms with Crippen molar-refractivity contribution < 1.29 is 39.8 Å². The molecule has 2 aromatic carbocycles. The van der Waals surface area contributed by atoms with Crippen molar-refractivity contribution in [1.29, 1.82) is 0 Å². The van der Waals surface area contributed by atoms with E-state index in [9.17, 15) is 0 Å². The Kier molecular flexibility index (Phi) is 10.7. The number of hydrogen-bond acceptors (Lipinski definition) is 6. The van der Waals surface area contributed by atoms with Gasteiger partial charge in [-0.05, 0) is 24.1 Å². The van der Waals surface area contributed by atoms with Crippen LogP contribution in [0.4, 0.5) is 0 Å². The van der Waals surface area contributed by atoms with Gasteiger partial charge in [0.2, 0.25) is 0 Å². The summed E-state index contributed by atoms with van der Waals surface area (Å²) in [6.45, 7) is 1.96. The van der Waals surface area contributed by atoms with E-state index in [1.807, 2.05) is 43.3 Å². The van der Waals surface area contributed by atoms with Crippen molar-refractivity contribution >= 4 is 22.6 Å². The second-order valence-electron chi connectivity index (χ2n) is 5.68. The van der Waals surface area contributed by atoms with E-state index < -0.39 is 12.6 Å². The summed E-state index contributed by atoms with van der Waals surface area (Å²) in [5, 5.41) is 18.1. The molecule has 0 saturated heterocycles. The van der Waals surface area contributed by atoms with Gasteiger partial charge in [0, 0.05) is 52.1 Å². The average molecular weight is 582 g/mol. The molecule has 2 unspecified atom stereocenters. The third-order valence-electron chi connectivity index (χ3n) is 3.72. The zero-order valence-electron chi connectivity index (χ0n) is 15.7. The fraction of sp³-hybridized carbons (Fsp3) is 0.300. The number of fused-ring (bicyclic) bond motifs is 1. The van der Waals surface area contributed by atoms with Crippen LogP contribution < -0.4 is 0 Å². The molecule has 1 radical (unpaired) electrons. The first-order valence-electron chi connectivity index (χ1n) is 8.27. The summed E-state index contributed by atoms with van der Waals surface area (Å²) in [7, 11) is 2.71. The Hall–Kier alpha value is -1.44. The van der Waals surface area contributed by atoms with Crippen molar-refractivity contribution in [3.8, 4) is 11.3 Å². The number of nitrogens with zero attached hydrogens (tertiary/aromatic N) is 2. The van der Waals surface area contributed by atoms with Crippen molar-refractivity contribution in [2.45, 2.75) is 25.9 Å². The molecule has 8 heteroatoms. The van der Waals surface area contributed by atoms with Crippen molar-refractivity contribution in [3.05, 3.63) is 59.2 Å². The molecule has 28 heavy (non-hydrogen) atoms. The van der Waals surface area contributed by atoms with Gasteiger partial charge in [0.1, 0.15) is 0 Å². The van der Waals surface area contributed by atoms with E-state index in [1.54, 1.807) is 6.07 Å². The first-order chi connectivity index (χ1) is 12.9.